The van der Waals surface area contributed by atoms with Gasteiger partial charge in [-0.15, -0.1) is 0 Å². The number of aryl methyl sites for hydroxylation is 1. The zero-order valence-electron chi connectivity index (χ0n) is 11.3. The molecule has 0 amide bonds. The molecule has 0 unspecified atom stereocenters. The van der Waals surface area contributed by atoms with E-state index in [9.17, 15) is 4.39 Å². The van der Waals surface area contributed by atoms with Crippen molar-refractivity contribution in [1.29, 1.82) is 0 Å². The normalized spacial score (nSPS) is 10.9. The van der Waals surface area contributed by atoms with E-state index in [4.69, 9.17) is 4.42 Å². The van der Waals surface area contributed by atoms with Gasteiger partial charge in [-0.25, -0.2) is 14.4 Å². The van der Waals surface area contributed by atoms with E-state index < -0.39 is 0 Å². The van der Waals surface area contributed by atoms with Crippen LogP contribution in [0.1, 0.15) is 11.5 Å². The number of hydrogen-bond donors (Lipinski definition) is 0. The highest BCUT2D eigenvalue weighted by Gasteiger charge is 2.11. The van der Waals surface area contributed by atoms with Crippen LogP contribution in [0.5, 0.6) is 0 Å². The second-order valence-electron chi connectivity index (χ2n) is 4.73. The highest BCUT2D eigenvalue weighted by Crippen LogP contribution is 2.24. The number of halogens is 1. The highest BCUT2D eigenvalue weighted by molar-refractivity contribution is 5.89. The lowest BCUT2D eigenvalue weighted by Gasteiger charge is -2.18. The second-order valence-corrected chi connectivity index (χ2v) is 4.73. The van der Waals surface area contributed by atoms with Crippen LogP contribution in [0.25, 0.3) is 10.9 Å². The number of anilines is 1. The fourth-order valence-corrected chi connectivity index (χ4v) is 2.20. The van der Waals surface area contributed by atoms with E-state index in [2.05, 4.69) is 9.97 Å². The molecule has 2 aromatic heterocycles. The van der Waals surface area contributed by atoms with Gasteiger partial charge in [0.1, 0.15) is 29.5 Å². The van der Waals surface area contributed by atoms with E-state index in [1.807, 2.05) is 31.0 Å². The second kappa shape index (κ2) is 4.92. The Balaban J connectivity index is 1.98. The Labute approximate surface area is 115 Å². The summed E-state index contributed by atoms with van der Waals surface area (Å²) in [5.41, 5.74) is 0.721. The van der Waals surface area contributed by atoms with Gasteiger partial charge in [-0.3, -0.25) is 0 Å². The average molecular weight is 271 g/mol. The molecule has 3 aromatic rings. The number of nitrogens with zero attached hydrogens (tertiary/aromatic N) is 3. The van der Waals surface area contributed by atoms with Crippen LogP contribution in [0.3, 0.4) is 0 Å². The fourth-order valence-electron chi connectivity index (χ4n) is 2.20. The maximum atomic E-state index is 13.4. The molecule has 0 saturated heterocycles. The molecule has 0 bridgehead atoms. The topological polar surface area (TPSA) is 42.2 Å². The molecule has 2 heterocycles. The molecule has 0 N–H and O–H groups in total. The maximum absolute atomic E-state index is 13.4. The third kappa shape index (κ3) is 2.34. The molecule has 5 heteroatoms. The van der Waals surface area contributed by atoms with Gasteiger partial charge < -0.3 is 9.32 Å². The molecule has 0 aliphatic carbocycles. The standard InChI is InChI=1S/C15H14FN3O/c1-10-3-5-12(20-10)8-19(2)15-13-7-11(16)4-6-14(13)17-9-18-15/h3-7,9H,8H2,1-2H3. The summed E-state index contributed by atoms with van der Waals surface area (Å²) in [5.74, 6) is 2.10. The zero-order valence-corrected chi connectivity index (χ0v) is 11.3. The quantitative estimate of drug-likeness (QED) is 0.733. The molecule has 0 saturated carbocycles. The summed E-state index contributed by atoms with van der Waals surface area (Å²) in [6, 6.07) is 8.35. The first-order chi connectivity index (χ1) is 9.63. The van der Waals surface area contributed by atoms with Crippen molar-refractivity contribution in [2.24, 2.45) is 0 Å². The first-order valence-corrected chi connectivity index (χ1v) is 6.30. The van der Waals surface area contributed by atoms with E-state index in [0.29, 0.717) is 17.7 Å². The van der Waals surface area contributed by atoms with Crippen molar-refractivity contribution < 1.29 is 8.81 Å². The van der Waals surface area contributed by atoms with Gasteiger partial charge in [-0.05, 0) is 37.3 Å². The molecule has 0 radical (unpaired) electrons. The van der Waals surface area contributed by atoms with Gasteiger partial charge in [0.25, 0.3) is 0 Å². The Bertz CT molecular complexity index is 754. The summed E-state index contributed by atoms with van der Waals surface area (Å²) in [5, 5.41) is 0.693. The third-order valence-electron chi connectivity index (χ3n) is 3.13. The van der Waals surface area contributed by atoms with Crippen molar-refractivity contribution in [3.63, 3.8) is 0 Å². The molecule has 0 fully saturated rings. The van der Waals surface area contributed by atoms with Crippen LogP contribution in [-0.2, 0) is 6.54 Å². The van der Waals surface area contributed by atoms with Gasteiger partial charge in [0.05, 0.1) is 12.1 Å². The minimum atomic E-state index is -0.296. The van der Waals surface area contributed by atoms with Crippen LogP contribution >= 0.6 is 0 Å². The van der Waals surface area contributed by atoms with Crippen molar-refractivity contribution in [1.82, 2.24) is 9.97 Å². The Kier molecular flexibility index (Phi) is 3.10. The summed E-state index contributed by atoms with van der Waals surface area (Å²) < 4.78 is 19.0. The Morgan fingerprint density at radius 1 is 1.20 bits per heavy atom. The summed E-state index contributed by atoms with van der Waals surface area (Å²) in [6.07, 6.45) is 1.49. The third-order valence-corrected chi connectivity index (χ3v) is 3.13. The first kappa shape index (κ1) is 12.6. The highest BCUT2D eigenvalue weighted by atomic mass is 19.1. The summed E-state index contributed by atoms with van der Waals surface area (Å²) in [4.78, 5) is 10.3. The van der Waals surface area contributed by atoms with Crippen molar-refractivity contribution in [3.8, 4) is 0 Å². The Morgan fingerprint density at radius 3 is 2.80 bits per heavy atom. The lowest BCUT2D eigenvalue weighted by Crippen LogP contribution is -2.17. The zero-order chi connectivity index (χ0) is 14.1. The first-order valence-electron chi connectivity index (χ1n) is 6.30. The molecule has 0 atom stereocenters. The lowest BCUT2D eigenvalue weighted by atomic mass is 10.2. The van der Waals surface area contributed by atoms with Crippen molar-refractivity contribution >= 4 is 16.7 Å². The van der Waals surface area contributed by atoms with Gasteiger partial charge >= 0.3 is 0 Å². The van der Waals surface area contributed by atoms with Crippen LogP contribution in [0.2, 0.25) is 0 Å². The van der Waals surface area contributed by atoms with E-state index in [1.54, 1.807) is 6.07 Å². The molecule has 20 heavy (non-hydrogen) atoms. The predicted molar refractivity (Wildman–Crippen MR) is 75.0 cm³/mol. The summed E-state index contributed by atoms with van der Waals surface area (Å²) in [6.45, 7) is 2.47. The number of hydrogen-bond acceptors (Lipinski definition) is 4. The molecule has 3 rings (SSSR count). The Morgan fingerprint density at radius 2 is 2.05 bits per heavy atom. The van der Waals surface area contributed by atoms with Crippen LogP contribution in [-0.4, -0.2) is 17.0 Å². The summed E-state index contributed by atoms with van der Waals surface area (Å²) >= 11 is 0. The van der Waals surface area contributed by atoms with E-state index in [1.165, 1.54) is 18.5 Å². The molecule has 0 aliphatic heterocycles. The van der Waals surface area contributed by atoms with E-state index >= 15 is 0 Å². The molecule has 4 nitrogen and oxygen atoms in total. The predicted octanol–water partition coefficient (Wildman–Crippen LogP) is 3.31. The number of fused-ring (bicyclic) bond motifs is 1. The molecule has 0 aliphatic rings. The molecular formula is C15H14FN3O. The molecule has 1 aromatic carbocycles. The van der Waals surface area contributed by atoms with Crippen molar-refractivity contribution in [2.45, 2.75) is 13.5 Å². The minimum absolute atomic E-state index is 0.296. The van der Waals surface area contributed by atoms with Gasteiger partial charge in [-0.2, -0.15) is 0 Å². The SMILES string of the molecule is Cc1ccc(CN(C)c2ncnc3ccc(F)cc23)o1. The average Bonchev–Trinajstić information content (AvgIpc) is 2.83. The smallest absolute Gasteiger partial charge is 0.140 e. The Hall–Kier alpha value is -2.43. The van der Waals surface area contributed by atoms with Gasteiger partial charge in [0.2, 0.25) is 0 Å². The van der Waals surface area contributed by atoms with Gasteiger partial charge in [0, 0.05) is 12.4 Å². The van der Waals surface area contributed by atoms with Crippen molar-refractivity contribution in [2.75, 3.05) is 11.9 Å². The van der Waals surface area contributed by atoms with Crippen molar-refractivity contribution in [3.05, 3.63) is 54.0 Å². The van der Waals surface area contributed by atoms with Gasteiger partial charge in [0.15, 0.2) is 0 Å². The number of benzene rings is 1. The van der Waals surface area contributed by atoms with Crippen LogP contribution in [0.15, 0.2) is 41.1 Å². The number of aromatic nitrogens is 2. The molecular weight excluding hydrogens is 257 g/mol. The van der Waals surface area contributed by atoms with Crippen LogP contribution in [0, 0.1) is 12.7 Å². The molecule has 102 valence electrons. The van der Waals surface area contributed by atoms with Crippen LogP contribution in [0.4, 0.5) is 10.2 Å². The number of rotatable bonds is 3. The minimum Gasteiger partial charge on any atom is -0.464 e. The maximum Gasteiger partial charge on any atom is 0.140 e. The summed E-state index contributed by atoms with van der Waals surface area (Å²) in [7, 11) is 1.89. The number of furan rings is 1. The molecule has 0 spiro atoms. The van der Waals surface area contributed by atoms with E-state index in [-0.39, 0.29) is 5.82 Å². The fraction of sp³-hybridized carbons (Fsp3) is 0.200. The van der Waals surface area contributed by atoms with Gasteiger partial charge in [-0.1, -0.05) is 0 Å². The largest absolute Gasteiger partial charge is 0.464 e. The lowest BCUT2D eigenvalue weighted by molar-refractivity contribution is 0.481. The van der Waals surface area contributed by atoms with E-state index in [0.717, 1.165) is 17.0 Å². The van der Waals surface area contributed by atoms with Crippen LogP contribution < -0.4 is 4.90 Å². The monoisotopic (exact) mass is 271 g/mol.